The van der Waals surface area contributed by atoms with Gasteiger partial charge in [-0.05, 0) is 46.9 Å². The highest BCUT2D eigenvalue weighted by Crippen LogP contribution is 2.19. The van der Waals surface area contributed by atoms with Gasteiger partial charge >= 0.3 is 0 Å². The molecule has 1 unspecified atom stereocenters. The predicted molar refractivity (Wildman–Crippen MR) is 78.8 cm³/mol. The Morgan fingerprint density at radius 3 is 2.56 bits per heavy atom. The van der Waals surface area contributed by atoms with Gasteiger partial charge in [-0.15, -0.1) is 0 Å². The van der Waals surface area contributed by atoms with Gasteiger partial charge in [0.25, 0.3) is 0 Å². The first-order valence-electron chi connectivity index (χ1n) is 5.41. The van der Waals surface area contributed by atoms with Crippen molar-refractivity contribution >= 4 is 44.0 Å². The van der Waals surface area contributed by atoms with Crippen LogP contribution in [0.25, 0.3) is 0 Å². The monoisotopic (exact) mass is 377 g/mol. The van der Waals surface area contributed by atoms with Gasteiger partial charge in [0.15, 0.2) is 9.84 Å². The number of allylic oxidation sites excluding steroid dienone is 1. The first-order valence-corrected chi connectivity index (χ1v) is 8.20. The molecule has 96 valence electrons. The van der Waals surface area contributed by atoms with E-state index in [-0.39, 0.29) is 24.0 Å². The van der Waals surface area contributed by atoms with Crippen LogP contribution >= 0.6 is 22.6 Å². The Labute approximate surface area is 120 Å². The summed E-state index contributed by atoms with van der Waals surface area (Å²) in [4.78, 5) is 11.7. The molecule has 1 aliphatic rings. The number of benzene rings is 1. The smallest absolute Gasteiger partial charge is 0.224 e. The van der Waals surface area contributed by atoms with Gasteiger partial charge < -0.3 is 5.32 Å². The van der Waals surface area contributed by atoms with E-state index in [4.69, 9.17) is 0 Å². The Kier molecular flexibility index (Phi) is 4.06. The fraction of sp³-hybridized carbons (Fsp3) is 0.250. The third kappa shape index (κ3) is 3.81. The minimum atomic E-state index is -3.08. The van der Waals surface area contributed by atoms with Crippen LogP contribution in [0, 0.1) is 9.49 Å². The lowest BCUT2D eigenvalue weighted by Gasteiger charge is -2.08. The Bertz CT molecular complexity index is 578. The quantitative estimate of drug-likeness (QED) is 0.822. The summed E-state index contributed by atoms with van der Waals surface area (Å²) in [7, 11) is -3.08. The van der Waals surface area contributed by atoms with Crippen molar-refractivity contribution in [1.82, 2.24) is 0 Å². The molecule has 0 spiro atoms. The van der Waals surface area contributed by atoms with Gasteiger partial charge in [-0.3, -0.25) is 4.79 Å². The standard InChI is InChI=1S/C12H12INO3S/c13-10-1-3-11(4-2-10)14-12(15)7-9-5-6-18(16,17)8-9/h1-6,9H,7-8H2,(H,14,15). The van der Waals surface area contributed by atoms with Crippen LogP contribution in [0.15, 0.2) is 35.7 Å². The number of amides is 1. The van der Waals surface area contributed by atoms with Crippen molar-refractivity contribution in [3.63, 3.8) is 0 Å². The first kappa shape index (κ1) is 13.5. The summed E-state index contributed by atoms with van der Waals surface area (Å²) in [5.41, 5.74) is 0.727. The maximum absolute atomic E-state index is 11.7. The molecule has 1 heterocycles. The average Bonchev–Trinajstić information content (AvgIpc) is 2.61. The number of hydrogen-bond donors (Lipinski definition) is 1. The van der Waals surface area contributed by atoms with Crippen LogP contribution in [-0.2, 0) is 14.6 Å². The zero-order valence-corrected chi connectivity index (χ0v) is 12.4. The lowest BCUT2D eigenvalue weighted by Crippen LogP contribution is -2.17. The van der Waals surface area contributed by atoms with Gasteiger partial charge in [0.1, 0.15) is 0 Å². The molecule has 2 rings (SSSR count). The average molecular weight is 377 g/mol. The fourth-order valence-electron chi connectivity index (χ4n) is 1.75. The molecule has 0 fully saturated rings. The molecule has 4 nitrogen and oxygen atoms in total. The first-order chi connectivity index (χ1) is 8.44. The van der Waals surface area contributed by atoms with Gasteiger partial charge in [-0.1, -0.05) is 6.08 Å². The minimum Gasteiger partial charge on any atom is -0.326 e. The Hall–Kier alpha value is -0.890. The van der Waals surface area contributed by atoms with Crippen molar-refractivity contribution in [1.29, 1.82) is 0 Å². The minimum absolute atomic E-state index is 0.0348. The predicted octanol–water partition coefficient (Wildman–Crippen LogP) is 2.18. The largest absolute Gasteiger partial charge is 0.326 e. The lowest BCUT2D eigenvalue weighted by molar-refractivity contribution is -0.116. The highest BCUT2D eigenvalue weighted by Gasteiger charge is 2.23. The Balaban J connectivity index is 1.90. The van der Waals surface area contributed by atoms with Gasteiger partial charge in [-0.25, -0.2) is 8.42 Å². The molecular weight excluding hydrogens is 365 g/mol. The number of rotatable bonds is 3. The Morgan fingerprint density at radius 2 is 2.00 bits per heavy atom. The van der Waals surface area contributed by atoms with Gasteiger partial charge in [-0.2, -0.15) is 0 Å². The molecule has 1 atom stereocenters. The normalized spacial score (nSPS) is 20.8. The van der Waals surface area contributed by atoms with Crippen molar-refractivity contribution in [3.05, 3.63) is 39.3 Å². The van der Waals surface area contributed by atoms with Crippen LogP contribution in [0.2, 0.25) is 0 Å². The van der Waals surface area contributed by atoms with E-state index in [1.165, 1.54) is 5.41 Å². The molecule has 0 aromatic heterocycles. The molecule has 0 bridgehead atoms. The highest BCUT2D eigenvalue weighted by molar-refractivity contribution is 14.1. The zero-order chi connectivity index (χ0) is 13.2. The van der Waals surface area contributed by atoms with Crippen molar-refractivity contribution in [2.24, 2.45) is 5.92 Å². The van der Waals surface area contributed by atoms with E-state index in [9.17, 15) is 13.2 Å². The molecule has 18 heavy (non-hydrogen) atoms. The maximum Gasteiger partial charge on any atom is 0.224 e. The molecular formula is C12H12INO3S. The maximum atomic E-state index is 11.7. The van der Waals surface area contributed by atoms with Crippen molar-refractivity contribution < 1.29 is 13.2 Å². The molecule has 6 heteroatoms. The van der Waals surface area contributed by atoms with E-state index in [1.807, 2.05) is 24.3 Å². The molecule has 1 aliphatic heterocycles. The van der Waals surface area contributed by atoms with E-state index in [0.29, 0.717) is 0 Å². The molecule has 1 N–H and O–H groups in total. The second-order valence-electron chi connectivity index (χ2n) is 4.18. The van der Waals surface area contributed by atoms with E-state index in [2.05, 4.69) is 27.9 Å². The van der Waals surface area contributed by atoms with Gasteiger partial charge in [0, 0.05) is 27.0 Å². The SMILES string of the molecule is O=C(CC1C=CS(=O)(=O)C1)Nc1ccc(I)cc1. The van der Waals surface area contributed by atoms with Crippen LogP contribution in [0.5, 0.6) is 0 Å². The second kappa shape index (κ2) is 5.40. The van der Waals surface area contributed by atoms with Crippen molar-refractivity contribution in [3.8, 4) is 0 Å². The van der Waals surface area contributed by atoms with Gasteiger partial charge in [0.05, 0.1) is 5.75 Å². The summed E-state index contributed by atoms with van der Waals surface area (Å²) in [6, 6.07) is 7.44. The van der Waals surface area contributed by atoms with Crippen molar-refractivity contribution in [2.45, 2.75) is 6.42 Å². The van der Waals surface area contributed by atoms with E-state index >= 15 is 0 Å². The number of carbonyl (C=O) groups excluding carboxylic acids is 1. The zero-order valence-electron chi connectivity index (χ0n) is 9.47. The summed E-state index contributed by atoms with van der Waals surface area (Å²) in [5.74, 6) is -0.338. The summed E-state index contributed by atoms with van der Waals surface area (Å²) in [5, 5.41) is 3.94. The van der Waals surface area contributed by atoms with Crippen LogP contribution in [0.4, 0.5) is 5.69 Å². The van der Waals surface area contributed by atoms with Crippen molar-refractivity contribution in [2.75, 3.05) is 11.1 Å². The number of hydrogen-bond acceptors (Lipinski definition) is 3. The molecule has 1 aromatic rings. The Morgan fingerprint density at radius 1 is 1.33 bits per heavy atom. The van der Waals surface area contributed by atoms with Crippen LogP contribution in [-0.4, -0.2) is 20.1 Å². The van der Waals surface area contributed by atoms with E-state index < -0.39 is 9.84 Å². The summed E-state index contributed by atoms with van der Waals surface area (Å²) in [6.45, 7) is 0. The van der Waals surface area contributed by atoms with E-state index in [0.717, 1.165) is 9.26 Å². The van der Waals surface area contributed by atoms with Crippen LogP contribution < -0.4 is 5.32 Å². The highest BCUT2D eigenvalue weighted by atomic mass is 127. The third-order valence-corrected chi connectivity index (χ3v) is 4.76. The molecule has 0 saturated carbocycles. The fourth-order valence-corrected chi connectivity index (χ4v) is 3.51. The van der Waals surface area contributed by atoms with Crippen LogP contribution in [0.3, 0.4) is 0 Å². The topological polar surface area (TPSA) is 63.2 Å². The summed E-state index contributed by atoms with van der Waals surface area (Å²) >= 11 is 2.19. The number of sulfone groups is 1. The second-order valence-corrected chi connectivity index (χ2v) is 7.35. The lowest BCUT2D eigenvalue weighted by atomic mass is 10.1. The van der Waals surface area contributed by atoms with Gasteiger partial charge in [0.2, 0.25) is 5.91 Å². The number of nitrogens with one attached hydrogen (secondary N) is 1. The molecule has 1 amide bonds. The third-order valence-electron chi connectivity index (χ3n) is 2.58. The van der Waals surface area contributed by atoms with E-state index in [1.54, 1.807) is 6.08 Å². The summed E-state index contributed by atoms with van der Waals surface area (Å²) in [6.07, 6.45) is 1.78. The summed E-state index contributed by atoms with van der Waals surface area (Å²) < 4.78 is 23.5. The molecule has 0 aliphatic carbocycles. The molecule has 1 aromatic carbocycles. The number of carbonyl (C=O) groups is 1. The number of halogens is 1. The van der Waals surface area contributed by atoms with Crippen LogP contribution in [0.1, 0.15) is 6.42 Å². The molecule has 0 radical (unpaired) electrons. The molecule has 0 saturated heterocycles. The number of anilines is 1.